The Hall–Kier alpha value is -2.30. The molecule has 31 heavy (non-hydrogen) atoms. The topological polar surface area (TPSA) is 63.7 Å². The van der Waals surface area contributed by atoms with Crippen LogP contribution >= 0.6 is 11.6 Å². The predicted octanol–water partition coefficient (Wildman–Crippen LogP) is 3.52. The summed E-state index contributed by atoms with van der Waals surface area (Å²) >= 11 is 5.84. The van der Waals surface area contributed by atoms with E-state index in [1.807, 2.05) is 0 Å². The molecule has 2 aromatic rings. The highest BCUT2D eigenvalue weighted by Gasteiger charge is 2.45. The van der Waals surface area contributed by atoms with E-state index in [-0.39, 0.29) is 40.5 Å². The number of halogens is 4. The summed E-state index contributed by atoms with van der Waals surface area (Å²) in [7, 11) is -0.648. The maximum atomic E-state index is 13.1. The van der Waals surface area contributed by atoms with Crippen LogP contribution in [0.4, 0.5) is 18.9 Å². The Morgan fingerprint density at radius 2 is 1.61 bits per heavy atom. The van der Waals surface area contributed by atoms with Gasteiger partial charge in [-0.3, -0.25) is 9.28 Å². The Balaban J connectivity index is 1.95. The highest BCUT2D eigenvalue weighted by molar-refractivity contribution is 7.91. The number of benzene rings is 2. The number of nitrogens with zero attached hydrogens (tertiary/aromatic N) is 2. The minimum Gasteiger partial charge on any atom is -0.491 e. The average Bonchev–Trinajstić information content (AvgIpc) is 2.73. The number of alkyl halides is 3. The van der Waals surface area contributed by atoms with E-state index in [4.69, 9.17) is 16.3 Å². The number of hydrogen-bond acceptors (Lipinski definition) is 4. The van der Waals surface area contributed by atoms with Crippen molar-refractivity contribution in [1.82, 2.24) is 9.38 Å². The second kappa shape index (κ2) is 8.33. The maximum Gasteiger partial charge on any atom is 0.471 e. The summed E-state index contributed by atoms with van der Waals surface area (Å²) in [6.45, 7) is 0.101. The fourth-order valence-electron chi connectivity index (χ4n) is 3.54. The average molecular weight is 478 g/mol. The number of ether oxygens (including phenoxy) is 1. The lowest BCUT2D eigenvalue weighted by molar-refractivity contribution is -0.186. The molecule has 1 heterocycles. The maximum absolute atomic E-state index is 13.1. The molecule has 0 atom stereocenters. The van der Waals surface area contributed by atoms with Crippen molar-refractivity contribution < 1.29 is 31.1 Å². The SMILES string of the molecule is COc1ccc(S(=O)(=O)c2ccc(Cl)cc2)cc1[N+]1(C)CCN(C(=O)C(F)(F)F)CC1. The molecule has 6 nitrogen and oxygen atoms in total. The first kappa shape index (κ1) is 23.4. The number of quaternary nitrogens is 1. The number of sulfone groups is 1. The van der Waals surface area contributed by atoms with Crippen LogP contribution in [-0.4, -0.2) is 65.7 Å². The molecule has 0 spiro atoms. The summed E-state index contributed by atoms with van der Waals surface area (Å²) in [6, 6.07) is 10.2. The van der Waals surface area contributed by atoms with Gasteiger partial charge in [-0.2, -0.15) is 13.2 Å². The van der Waals surface area contributed by atoms with Crippen LogP contribution in [0.1, 0.15) is 0 Å². The van der Waals surface area contributed by atoms with E-state index in [2.05, 4.69) is 0 Å². The third-order valence-electron chi connectivity index (χ3n) is 5.42. The van der Waals surface area contributed by atoms with Crippen molar-refractivity contribution in [3.63, 3.8) is 0 Å². The minimum atomic E-state index is -4.93. The zero-order valence-electron chi connectivity index (χ0n) is 16.8. The summed E-state index contributed by atoms with van der Waals surface area (Å²) < 4.78 is 69.9. The van der Waals surface area contributed by atoms with Gasteiger partial charge in [0.2, 0.25) is 9.84 Å². The summed E-state index contributed by atoms with van der Waals surface area (Å²) in [5, 5.41) is 0.402. The first-order chi connectivity index (χ1) is 14.4. The molecule has 0 bridgehead atoms. The lowest BCUT2D eigenvalue weighted by Gasteiger charge is -2.42. The molecule has 1 fully saturated rings. The zero-order chi connectivity index (χ0) is 23.0. The summed E-state index contributed by atoms with van der Waals surface area (Å²) in [6.07, 6.45) is -4.93. The molecular formula is C20H21ClF3N2O4S+. The van der Waals surface area contributed by atoms with Crippen molar-refractivity contribution >= 4 is 33.0 Å². The van der Waals surface area contributed by atoms with Crippen LogP contribution in [0.5, 0.6) is 5.75 Å². The molecule has 11 heteroatoms. The highest BCUT2D eigenvalue weighted by atomic mass is 35.5. The van der Waals surface area contributed by atoms with Crippen LogP contribution in [0.3, 0.4) is 0 Å². The molecule has 1 aliphatic heterocycles. The van der Waals surface area contributed by atoms with E-state index in [9.17, 15) is 26.4 Å². The number of carbonyl (C=O) groups is 1. The standard InChI is InChI=1S/C20H21ClF3N2O4S/c1-26(11-9-25(10-12-26)19(27)20(22,23)24)17-13-16(7-8-18(17)30-2)31(28,29)15-5-3-14(21)4-6-15/h3-8,13H,9-12H2,1-2H3/q+1. The normalized spacial score (nSPS) is 16.8. The Labute approximate surface area is 183 Å². The molecule has 3 rings (SSSR count). The number of carbonyl (C=O) groups excluding carboxylic acids is 1. The third kappa shape index (κ3) is 4.65. The van der Waals surface area contributed by atoms with Crippen molar-refractivity contribution in [2.45, 2.75) is 16.0 Å². The molecule has 168 valence electrons. The minimum absolute atomic E-state index is 0.0266. The van der Waals surface area contributed by atoms with Crippen LogP contribution in [-0.2, 0) is 14.6 Å². The number of piperazine rings is 1. The van der Waals surface area contributed by atoms with E-state index < -0.39 is 21.9 Å². The van der Waals surface area contributed by atoms with E-state index in [0.29, 0.717) is 16.5 Å². The lowest BCUT2D eigenvalue weighted by atomic mass is 10.1. The van der Waals surface area contributed by atoms with Gasteiger partial charge in [0.05, 0.1) is 37.0 Å². The molecule has 0 radical (unpaired) electrons. The number of methoxy groups -OCH3 is 1. The zero-order valence-corrected chi connectivity index (χ0v) is 18.4. The largest absolute Gasteiger partial charge is 0.491 e. The summed E-state index contributed by atoms with van der Waals surface area (Å²) in [5.41, 5.74) is 0.511. The highest BCUT2D eigenvalue weighted by Crippen LogP contribution is 2.37. The van der Waals surface area contributed by atoms with Crippen molar-refractivity contribution in [2.24, 2.45) is 0 Å². The van der Waals surface area contributed by atoms with E-state index in [1.54, 1.807) is 7.05 Å². The second-order valence-corrected chi connectivity index (χ2v) is 9.81. The van der Waals surface area contributed by atoms with Crippen LogP contribution in [0.25, 0.3) is 0 Å². The Morgan fingerprint density at radius 1 is 1.06 bits per heavy atom. The Bertz CT molecular complexity index is 1080. The van der Waals surface area contributed by atoms with Gasteiger partial charge in [0.1, 0.15) is 13.1 Å². The van der Waals surface area contributed by atoms with Gasteiger partial charge in [0.25, 0.3) is 0 Å². The van der Waals surface area contributed by atoms with Gasteiger partial charge in [0.15, 0.2) is 11.4 Å². The van der Waals surface area contributed by atoms with Crippen molar-refractivity contribution in [1.29, 1.82) is 0 Å². The van der Waals surface area contributed by atoms with Gasteiger partial charge in [-0.1, -0.05) is 11.6 Å². The van der Waals surface area contributed by atoms with Gasteiger partial charge in [-0.25, -0.2) is 8.42 Å². The van der Waals surface area contributed by atoms with Gasteiger partial charge < -0.3 is 9.64 Å². The fourth-order valence-corrected chi connectivity index (χ4v) is 4.94. The first-order valence-corrected chi connectivity index (χ1v) is 11.1. The van der Waals surface area contributed by atoms with Gasteiger partial charge in [0, 0.05) is 11.1 Å². The van der Waals surface area contributed by atoms with Gasteiger partial charge in [-0.15, -0.1) is 0 Å². The quantitative estimate of drug-likeness (QED) is 0.632. The van der Waals surface area contributed by atoms with Crippen LogP contribution in [0.15, 0.2) is 52.3 Å². The Morgan fingerprint density at radius 3 is 2.13 bits per heavy atom. The van der Waals surface area contributed by atoms with Gasteiger partial charge >= 0.3 is 12.1 Å². The number of hydrogen-bond donors (Lipinski definition) is 0. The van der Waals surface area contributed by atoms with E-state index >= 15 is 0 Å². The van der Waals surface area contributed by atoms with Crippen LogP contribution < -0.4 is 9.22 Å². The molecule has 0 aliphatic carbocycles. The third-order valence-corrected chi connectivity index (χ3v) is 7.44. The number of rotatable bonds is 4. The van der Waals surface area contributed by atoms with Gasteiger partial charge in [-0.05, 0) is 36.4 Å². The smallest absolute Gasteiger partial charge is 0.471 e. The van der Waals surface area contributed by atoms with Crippen molar-refractivity contribution in [3.8, 4) is 5.75 Å². The predicted molar refractivity (Wildman–Crippen MR) is 110 cm³/mol. The monoisotopic (exact) mass is 477 g/mol. The summed E-state index contributed by atoms with van der Waals surface area (Å²) in [5.74, 6) is -1.46. The molecule has 0 unspecified atom stereocenters. The number of likely N-dealkylation sites (N-methyl/N-ethyl adjacent to an activating group) is 1. The first-order valence-electron chi connectivity index (χ1n) is 9.28. The molecule has 1 amide bonds. The van der Waals surface area contributed by atoms with Crippen LogP contribution in [0, 0.1) is 0 Å². The fraction of sp³-hybridized carbons (Fsp3) is 0.350. The Kier molecular flexibility index (Phi) is 6.28. The molecule has 1 saturated heterocycles. The van der Waals surface area contributed by atoms with Crippen molar-refractivity contribution in [2.75, 3.05) is 40.3 Å². The van der Waals surface area contributed by atoms with Crippen LogP contribution in [0.2, 0.25) is 5.02 Å². The van der Waals surface area contributed by atoms with Crippen molar-refractivity contribution in [3.05, 3.63) is 47.5 Å². The van der Waals surface area contributed by atoms with E-state index in [0.717, 1.165) is 4.90 Å². The second-order valence-electron chi connectivity index (χ2n) is 7.42. The molecule has 1 aliphatic rings. The molecule has 0 aromatic heterocycles. The summed E-state index contributed by atoms with van der Waals surface area (Å²) in [4.78, 5) is 12.4. The van der Waals surface area contributed by atoms with E-state index in [1.165, 1.54) is 49.6 Å². The molecular weight excluding hydrogens is 457 g/mol. The molecule has 0 N–H and O–H groups in total. The molecule has 2 aromatic carbocycles. The lowest BCUT2D eigenvalue weighted by Crippen LogP contribution is -2.61. The molecule has 0 saturated carbocycles. The number of amides is 1.